The molecule has 0 radical (unpaired) electrons. The van der Waals surface area contributed by atoms with E-state index in [1.165, 1.54) is 24.3 Å². The molecule has 6 heteroatoms. The minimum absolute atomic E-state index is 0.0268. The van der Waals surface area contributed by atoms with Gasteiger partial charge in [0, 0.05) is 0 Å². The number of aromatic nitrogens is 1. The summed E-state index contributed by atoms with van der Waals surface area (Å²) in [5, 5.41) is 2.33. The highest BCUT2D eigenvalue weighted by Crippen LogP contribution is 2.17. The quantitative estimate of drug-likeness (QED) is 0.633. The summed E-state index contributed by atoms with van der Waals surface area (Å²) in [6.07, 6.45) is 0. The van der Waals surface area contributed by atoms with Crippen LogP contribution in [0.5, 0.6) is 0 Å². The van der Waals surface area contributed by atoms with Gasteiger partial charge in [-0.1, -0.05) is 12.1 Å². The van der Waals surface area contributed by atoms with Gasteiger partial charge >= 0.3 is 0 Å². The molecule has 2 aromatic rings. The number of hydrogen-bond donors (Lipinski definition) is 2. The minimum atomic E-state index is -0.722. The lowest BCUT2D eigenvalue weighted by molar-refractivity contribution is 0.102. The van der Waals surface area contributed by atoms with Gasteiger partial charge in [-0.25, -0.2) is 9.37 Å². The monoisotopic (exact) mass is 249 g/mol. The molecule has 0 aliphatic carbocycles. The number of halogens is 2. The molecule has 1 heterocycles. The number of carbonyl (C=O) groups is 1. The molecule has 0 saturated heterocycles. The Morgan fingerprint density at radius 2 is 1.89 bits per heavy atom. The first-order chi connectivity index (χ1) is 8.58. The van der Waals surface area contributed by atoms with Crippen molar-refractivity contribution < 1.29 is 13.6 Å². The molecule has 1 aromatic heterocycles. The van der Waals surface area contributed by atoms with Crippen molar-refractivity contribution in [2.45, 2.75) is 0 Å². The maximum Gasteiger partial charge on any atom is 0.259 e. The number of rotatable bonds is 2. The van der Waals surface area contributed by atoms with Crippen LogP contribution in [-0.4, -0.2) is 10.9 Å². The molecule has 0 atom stereocenters. The zero-order chi connectivity index (χ0) is 13.1. The molecule has 0 bridgehead atoms. The molecule has 1 aromatic carbocycles. The third-order valence-electron chi connectivity index (χ3n) is 2.25. The fraction of sp³-hybridized carbons (Fsp3) is 0. The van der Waals surface area contributed by atoms with Gasteiger partial charge in [-0.2, -0.15) is 4.39 Å². The summed E-state index contributed by atoms with van der Waals surface area (Å²) >= 11 is 0. The van der Waals surface area contributed by atoms with E-state index in [-0.39, 0.29) is 17.1 Å². The summed E-state index contributed by atoms with van der Waals surface area (Å²) in [6, 6.07) is 7.83. The topological polar surface area (TPSA) is 68.0 Å². The first-order valence-corrected chi connectivity index (χ1v) is 5.06. The zero-order valence-corrected chi connectivity index (χ0v) is 9.15. The summed E-state index contributed by atoms with van der Waals surface area (Å²) in [5.41, 5.74) is 5.15. The molecule has 0 aliphatic rings. The Hall–Kier alpha value is -2.50. The number of nitrogens with two attached hydrogens (primary N) is 1. The van der Waals surface area contributed by atoms with E-state index in [1.807, 2.05) is 0 Å². The Balaban J connectivity index is 2.25. The predicted octanol–water partition coefficient (Wildman–Crippen LogP) is 2.19. The Bertz CT molecular complexity index is 602. The molecule has 4 nitrogen and oxygen atoms in total. The number of anilines is 2. The highest BCUT2D eigenvalue weighted by molar-refractivity contribution is 6.07. The molecule has 0 aliphatic heterocycles. The summed E-state index contributed by atoms with van der Waals surface area (Å²) in [6.45, 7) is 0. The molecule has 2 rings (SSSR count). The number of carbonyl (C=O) groups excluding carboxylic acids is 1. The number of nitrogens with zero attached hydrogens (tertiary/aromatic N) is 1. The van der Waals surface area contributed by atoms with Gasteiger partial charge in [-0.15, -0.1) is 0 Å². The number of hydrogen-bond acceptors (Lipinski definition) is 3. The fourth-order valence-corrected chi connectivity index (χ4v) is 1.40. The molecule has 3 N–H and O–H groups in total. The second-order valence-corrected chi connectivity index (χ2v) is 3.50. The molecule has 92 valence electrons. The highest BCUT2D eigenvalue weighted by atomic mass is 19.1. The second-order valence-electron chi connectivity index (χ2n) is 3.50. The van der Waals surface area contributed by atoms with Crippen molar-refractivity contribution in [3.63, 3.8) is 0 Å². The van der Waals surface area contributed by atoms with E-state index in [9.17, 15) is 13.6 Å². The average Bonchev–Trinajstić information content (AvgIpc) is 2.32. The van der Waals surface area contributed by atoms with Gasteiger partial charge in [-0.05, 0) is 24.3 Å². The summed E-state index contributed by atoms with van der Waals surface area (Å²) in [5.74, 6) is -2.02. The Morgan fingerprint density at radius 1 is 1.17 bits per heavy atom. The molecule has 1 amide bonds. The van der Waals surface area contributed by atoms with Gasteiger partial charge in [0.1, 0.15) is 11.6 Å². The van der Waals surface area contributed by atoms with Crippen molar-refractivity contribution in [1.82, 2.24) is 4.98 Å². The van der Waals surface area contributed by atoms with Gasteiger partial charge in [-0.3, -0.25) is 4.79 Å². The first-order valence-electron chi connectivity index (χ1n) is 5.06. The van der Waals surface area contributed by atoms with Crippen molar-refractivity contribution in [2.75, 3.05) is 11.1 Å². The van der Waals surface area contributed by atoms with Crippen LogP contribution in [0.15, 0.2) is 36.4 Å². The van der Waals surface area contributed by atoms with E-state index in [2.05, 4.69) is 10.3 Å². The summed E-state index contributed by atoms with van der Waals surface area (Å²) in [4.78, 5) is 15.2. The van der Waals surface area contributed by atoms with Crippen LogP contribution >= 0.6 is 0 Å². The van der Waals surface area contributed by atoms with Crippen LogP contribution in [-0.2, 0) is 0 Å². The van der Waals surface area contributed by atoms with Crippen molar-refractivity contribution in [3.05, 3.63) is 53.7 Å². The van der Waals surface area contributed by atoms with Crippen molar-refractivity contribution >= 4 is 17.4 Å². The SMILES string of the molecule is Nc1c(F)cccc1C(=O)Nc1cccc(F)n1. The zero-order valence-electron chi connectivity index (χ0n) is 9.15. The normalized spacial score (nSPS) is 10.1. The number of para-hydroxylation sites is 1. The lowest BCUT2D eigenvalue weighted by Crippen LogP contribution is -2.15. The maximum absolute atomic E-state index is 13.2. The smallest absolute Gasteiger partial charge is 0.259 e. The second kappa shape index (κ2) is 4.79. The van der Waals surface area contributed by atoms with Crippen LogP contribution in [0.3, 0.4) is 0 Å². The van der Waals surface area contributed by atoms with E-state index in [1.54, 1.807) is 0 Å². The average molecular weight is 249 g/mol. The van der Waals surface area contributed by atoms with Crippen LogP contribution in [0.1, 0.15) is 10.4 Å². The fourth-order valence-electron chi connectivity index (χ4n) is 1.40. The van der Waals surface area contributed by atoms with Crippen molar-refractivity contribution in [2.24, 2.45) is 0 Å². The van der Waals surface area contributed by atoms with Crippen molar-refractivity contribution in [3.8, 4) is 0 Å². The molecule has 0 fully saturated rings. The van der Waals surface area contributed by atoms with Crippen LogP contribution in [0.2, 0.25) is 0 Å². The Kier molecular flexibility index (Phi) is 3.18. The van der Waals surface area contributed by atoms with Crippen LogP contribution in [0, 0.1) is 11.8 Å². The van der Waals surface area contributed by atoms with E-state index < -0.39 is 17.7 Å². The van der Waals surface area contributed by atoms with E-state index in [0.29, 0.717) is 0 Å². The van der Waals surface area contributed by atoms with E-state index in [4.69, 9.17) is 5.73 Å². The van der Waals surface area contributed by atoms with Gasteiger partial charge in [0.05, 0.1) is 11.3 Å². The molecule has 0 saturated carbocycles. The first kappa shape index (κ1) is 12.0. The van der Waals surface area contributed by atoms with Crippen LogP contribution in [0.25, 0.3) is 0 Å². The summed E-state index contributed by atoms with van der Waals surface area (Å²) < 4.78 is 26.0. The number of benzene rings is 1. The van der Waals surface area contributed by atoms with Crippen molar-refractivity contribution in [1.29, 1.82) is 0 Å². The Labute approximate surface area is 101 Å². The minimum Gasteiger partial charge on any atom is -0.396 e. The molecule has 0 unspecified atom stereocenters. The standard InChI is InChI=1S/C12H9F2N3O/c13-8-4-1-3-7(11(8)15)12(18)17-10-6-2-5-9(14)16-10/h1-6H,15H2,(H,16,17,18). The number of amides is 1. The van der Waals surface area contributed by atoms with Gasteiger partial charge < -0.3 is 11.1 Å². The lowest BCUT2D eigenvalue weighted by atomic mass is 10.1. The summed E-state index contributed by atoms with van der Waals surface area (Å²) in [7, 11) is 0. The Morgan fingerprint density at radius 3 is 2.61 bits per heavy atom. The molecule has 0 spiro atoms. The van der Waals surface area contributed by atoms with Crippen LogP contribution in [0.4, 0.5) is 20.3 Å². The van der Waals surface area contributed by atoms with Gasteiger partial charge in [0.2, 0.25) is 5.95 Å². The third kappa shape index (κ3) is 2.42. The maximum atomic E-state index is 13.2. The molecule has 18 heavy (non-hydrogen) atoms. The van der Waals surface area contributed by atoms with Gasteiger partial charge in [0.25, 0.3) is 5.91 Å². The lowest BCUT2D eigenvalue weighted by Gasteiger charge is -2.07. The highest BCUT2D eigenvalue weighted by Gasteiger charge is 2.13. The van der Waals surface area contributed by atoms with E-state index >= 15 is 0 Å². The van der Waals surface area contributed by atoms with Gasteiger partial charge in [0.15, 0.2) is 0 Å². The predicted molar refractivity (Wildman–Crippen MR) is 63.0 cm³/mol. The number of nitrogens with one attached hydrogen (secondary N) is 1. The number of pyridine rings is 1. The van der Waals surface area contributed by atoms with Crippen LogP contribution < -0.4 is 11.1 Å². The third-order valence-corrected chi connectivity index (χ3v) is 2.25. The number of nitrogen functional groups attached to an aromatic ring is 1. The van der Waals surface area contributed by atoms with E-state index in [0.717, 1.165) is 12.1 Å². The molecular formula is C12H9F2N3O. The largest absolute Gasteiger partial charge is 0.396 e. The molecular weight excluding hydrogens is 240 g/mol.